The van der Waals surface area contributed by atoms with Crippen molar-refractivity contribution in [1.29, 1.82) is 0 Å². The van der Waals surface area contributed by atoms with Crippen LogP contribution in [0.25, 0.3) is 10.9 Å². The van der Waals surface area contributed by atoms with Crippen molar-refractivity contribution in [3.63, 3.8) is 0 Å². The maximum atomic E-state index is 11.0. The van der Waals surface area contributed by atoms with Crippen LogP contribution in [-0.2, 0) is 6.42 Å². The summed E-state index contributed by atoms with van der Waals surface area (Å²) in [6, 6.07) is 13.0. The van der Waals surface area contributed by atoms with Crippen molar-refractivity contribution >= 4 is 32.5 Å². The molecule has 1 aliphatic heterocycles. The standard InChI is InChI=1S/C17H14BrN3O2/c18-11-4-5-15-14(9-11)13-6-7-19-16(17(13)20-15)10-2-1-3-12(8-10)21(22)23/h1-5,8-9,16,19-20H,6-7H2. The van der Waals surface area contributed by atoms with Gasteiger partial charge in [0.05, 0.1) is 11.0 Å². The smallest absolute Gasteiger partial charge is 0.269 e. The first-order valence-corrected chi connectivity index (χ1v) is 8.20. The number of fused-ring (bicyclic) bond motifs is 3. The molecule has 3 aromatic rings. The SMILES string of the molecule is O=[N+]([O-])c1cccc(C2NCCc3c2[nH]c2ccc(Br)cc32)c1. The summed E-state index contributed by atoms with van der Waals surface area (Å²) in [4.78, 5) is 14.2. The first-order valence-electron chi connectivity index (χ1n) is 7.41. The molecule has 1 aliphatic rings. The Bertz CT molecular complexity index is 919. The highest BCUT2D eigenvalue weighted by molar-refractivity contribution is 9.10. The number of aromatic amines is 1. The number of nitro benzene ring substituents is 1. The maximum Gasteiger partial charge on any atom is 0.269 e. The lowest BCUT2D eigenvalue weighted by atomic mass is 9.94. The summed E-state index contributed by atoms with van der Waals surface area (Å²) >= 11 is 3.53. The van der Waals surface area contributed by atoms with Crippen molar-refractivity contribution in [3.05, 3.63) is 73.9 Å². The van der Waals surface area contributed by atoms with E-state index in [0.717, 1.165) is 34.2 Å². The van der Waals surface area contributed by atoms with Gasteiger partial charge >= 0.3 is 0 Å². The molecule has 1 aromatic heterocycles. The van der Waals surface area contributed by atoms with E-state index in [1.54, 1.807) is 12.1 Å². The molecule has 0 amide bonds. The molecule has 4 rings (SSSR count). The van der Waals surface area contributed by atoms with E-state index in [1.807, 2.05) is 12.1 Å². The molecule has 1 unspecified atom stereocenters. The number of nitrogens with zero attached hydrogens (tertiary/aromatic N) is 1. The topological polar surface area (TPSA) is 71.0 Å². The summed E-state index contributed by atoms with van der Waals surface area (Å²) in [6.45, 7) is 0.847. The predicted octanol–water partition coefficient (Wildman–Crippen LogP) is 4.07. The third-order valence-electron chi connectivity index (χ3n) is 4.33. The molecule has 0 spiro atoms. The molecule has 0 aliphatic carbocycles. The number of aromatic nitrogens is 1. The van der Waals surface area contributed by atoms with E-state index < -0.39 is 0 Å². The van der Waals surface area contributed by atoms with Gasteiger partial charge in [-0.3, -0.25) is 10.1 Å². The van der Waals surface area contributed by atoms with E-state index in [2.05, 4.69) is 38.4 Å². The zero-order valence-electron chi connectivity index (χ0n) is 12.2. The molecule has 6 heteroatoms. The van der Waals surface area contributed by atoms with Crippen LogP contribution in [0.3, 0.4) is 0 Å². The van der Waals surface area contributed by atoms with Gasteiger partial charge in [-0.1, -0.05) is 28.1 Å². The van der Waals surface area contributed by atoms with Gasteiger partial charge in [-0.15, -0.1) is 0 Å². The lowest BCUT2D eigenvalue weighted by Gasteiger charge is -2.24. The number of hydrogen-bond acceptors (Lipinski definition) is 3. The van der Waals surface area contributed by atoms with Crippen molar-refractivity contribution < 1.29 is 4.92 Å². The number of nitrogens with one attached hydrogen (secondary N) is 2. The number of benzene rings is 2. The van der Waals surface area contributed by atoms with Gasteiger partial charge in [0.2, 0.25) is 0 Å². The summed E-state index contributed by atoms with van der Waals surface area (Å²) in [5.41, 5.74) is 4.51. The Hall–Kier alpha value is -2.18. The van der Waals surface area contributed by atoms with Crippen LogP contribution in [-0.4, -0.2) is 16.5 Å². The highest BCUT2D eigenvalue weighted by Gasteiger charge is 2.26. The quantitative estimate of drug-likeness (QED) is 0.526. The number of hydrogen-bond donors (Lipinski definition) is 2. The zero-order chi connectivity index (χ0) is 16.0. The van der Waals surface area contributed by atoms with E-state index in [1.165, 1.54) is 17.0 Å². The number of rotatable bonds is 2. The number of non-ortho nitro benzene ring substituents is 1. The van der Waals surface area contributed by atoms with Gasteiger partial charge in [-0.25, -0.2) is 0 Å². The van der Waals surface area contributed by atoms with Crippen LogP contribution in [0.5, 0.6) is 0 Å². The zero-order valence-corrected chi connectivity index (χ0v) is 13.8. The first-order chi connectivity index (χ1) is 11.1. The van der Waals surface area contributed by atoms with Crippen LogP contribution in [0.15, 0.2) is 46.9 Å². The molecule has 2 aromatic carbocycles. The summed E-state index contributed by atoms with van der Waals surface area (Å²) in [6.07, 6.45) is 0.942. The second-order valence-corrected chi connectivity index (χ2v) is 6.61. The van der Waals surface area contributed by atoms with E-state index in [-0.39, 0.29) is 16.7 Å². The fourth-order valence-corrected chi connectivity index (χ4v) is 3.66. The second kappa shape index (κ2) is 5.47. The van der Waals surface area contributed by atoms with Crippen molar-refractivity contribution in [2.45, 2.75) is 12.5 Å². The van der Waals surface area contributed by atoms with E-state index in [0.29, 0.717) is 0 Å². The Labute approximate surface area is 141 Å². The van der Waals surface area contributed by atoms with Crippen LogP contribution < -0.4 is 5.32 Å². The average molecular weight is 372 g/mol. The molecule has 0 radical (unpaired) electrons. The second-order valence-electron chi connectivity index (χ2n) is 5.70. The molecule has 1 atom stereocenters. The maximum absolute atomic E-state index is 11.0. The monoisotopic (exact) mass is 371 g/mol. The average Bonchev–Trinajstić information content (AvgIpc) is 2.93. The summed E-state index contributed by atoms with van der Waals surface area (Å²) in [5, 5.41) is 15.7. The predicted molar refractivity (Wildman–Crippen MR) is 92.6 cm³/mol. The van der Waals surface area contributed by atoms with Gasteiger partial charge in [0.1, 0.15) is 0 Å². The van der Waals surface area contributed by atoms with E-state index in [4.69, 9.17) is 0 Å². The highest BCUT2D eigenvalue weighted by Crippen LogP contribution is 2.35. The molecule has 0 saturated heterocycles. The minimum absolute atomic E-state index is 0.0511. The number of nitro groups is 1. The Morgan fingerprint density at radius 3 is 2.91 bits per heavy atom. The Morgan fingerprint density at radius 2 is 2.09 bits per heavy atom. The fraction of sp³-hybridized carbons (Fsp3) is 0.176. The Kier molecular flexibility index (Phi) is 3.43. The third kappa shape index (κ3) is 2.44. The Morgan fingerprint density at radius 1 is 1.22 bits per heavy atom. The molecule has 0 bridgehead atoms. The Balaban J connectivity index is 1.86. The van der Waals surface area contributed by atoms with Crippen LogP contribution in [0.4, 0.5) is 5.69 Å². The normalized spacial score (nSPS) is 17.2. The molecular weight excluding hydrogens is 358 g/mol. The van der Waals surface area contributed by atoms with Gasteiger partial charge < -0.3 is 10.3 Å². The van der Waals surface area contributed by atoms with Crippen LogP contribution in [0, 0.1) is 10.1 Å². The van der Waals surface area contributed by atoms with Crippen molar-refractivity contribution in [3.8, 4) is 0 Å². The summed E-state index contributed by atoms with van der Waals surface area (Å²) < 4.78 is 1.05. The minimum atomic E-state index is -0.352. The molecule has 23 heavy (non-hydrogen) atoms. The molecule has 116 valence electrons. The van der Waals surface area contributed by atoms with Gasteiger partial charge in [0, 0.05) is 39.7 Å². The highest BCUT2D eigenvalue weighted by atomic mass is 79.9. The molecule has 2 N–H and O–H groups in total. The largest absolute Gasteiger partial charge is 0.357 e. The van der Waals surface area contributed by atoms with Gasteiger partial charge in [-0.05, 0) is 35.7 Å². The third-order valence-corrected chi connectivity index (χ3v) is 4.82. The van der Waals surface area contributed by atoms with Crippen LogP contribution in [0.2, 0.25) is 0 Å². The van der Waals surface area contributed by atoms with E-state index in [9.17, 15) is 10.1 Å². The summed E-state index contributed by atoms with van der Waals surface area (Å²) in [5.74, 6) is 0. The molecule has 2 heterocycles. The first kappa shape index (κ1) is 14.4. The van der Waals surface area contributed by atoms with Crippen molar-refractivity contribution in [1.82, 2.24) is 10.3 Å². The van der Waals surface area contributed by atoms with Crippen molar-refractivity contribution in [2.24, 2.45) is 0 Å². The fourth-order valence-electron chi connectivity index (χ4n) is 3.30. The number of H-pyrrole nitrogens is 1. The molecular formula is C17H14BrN3O2. The minimum Gasteiger partial charge on any atom is -0.357 e. The van der Waals surface area contributed by atoms with Crippen molar-refractivity contribution in [2.75, 3.05) is 6.54 Å². The molecule has 5 nitrogen and oxygen atoms in total. The van der Waals surface area contributed by atoms with E-state index >= 15 is 0 Å². The van der Waals surface area contributed by atoms with Crippen LogP contribution in [0.1, 0.15) is 22.9 Å². The summed E-state index contributed by atoms with van der Waals surface area (Å²) in [7, 11) is 0. The van der Waals surface area contributed by atoms with Gasteiger partial charge in [-0.2, -0.15) is 0 Å². The molecule has 0 fully saturated rings. The molecule has 0 saturated carbocycles. The van der Waals surface area contributed by atoms with Gasteiger partial charge in [0.15, 0.2) is 0 Å². The number of halogens is 1. The van der Waals surface area contributed by atoms with Gasteiger partial charge in [0.25, 0.3) is 5.69 Å². The lowest BCUT2D eigenvalue weighted by Crippen LogP contribution is -2.30. The van der Waals surface area contributed by atoms with Crippen LogP contribution >= 0.6 is 15.9 Å². The lowest BCUT2D eigenvalue weighted by molar-refractivity contribution is -0.384.